The maximum atomic E-state index is 12.4. The quantitative estimate of drug-likeness (QED) is 0.910. The Morgan fingerprint density at radius 2 is 2.20 bits per heavy atom. The van der Waals surface area contributed by atoms with Crippen LogP contribution in [0.5, 0.6) is 0 Å². The van der Waals surface area contributed by atoms with Gasteiger partial charge in [0.05, 0.1) is 16.7 Å². The predicted molar refractivity (Wildman–Crippen MR) is 79.6 cm³/mol. The van der Waals surface area contributed by atoms with Crippen molar-refractivity contribution in [1.82, 2.24) is 9.62 Å². The second kappa shape index (κ2) is 6.74. The summed E-state index contributed by atoms with van der Waals surface area (Å²) in [4.78, 5) is 0.0601. The molecule has 8 heteroatoms. The van der Waals surface area contributed by atoms with Gasteiger partial charge in [0, 0.05) is 19.1 Å². The first kappa shape index (κ1) is 17.2. The number of sulfonamides is 1. The highest BCUT2D eigenvalue weighted by Gasteiger charge is 2.33. The molecule has 0 radical (unpaired) electrons. The van der Waals surface area contributed by atoms with Crippen LogP contribution in [0.2, 0.25) is 5.02 Å². The molecule has 1 unspecified atom stereocenters. The van der Waals surface area contributed by atoms with Crippen LogP contribution < -0.4 is 5.32 Å². The van der Waals surface area contributed by atoms with Crippen LogP contribution in [-0.2, 0) is 10.0 Å². The minimum Gasteiger partial charge on any atom is -0.316 e. The Kier molecular flexibility index (Phi) is 5.80. The smallest absolute Gasteiger partial charge is 0.244 e. The summed E-state index contributed by atoms with van der Waals surface area (Å²) in [6, 6.07) is 6.33. The molecule has 1 aromatic carbocycles. The Morgan fingerprint density at radius 3 is 2.70 bits per heavy atom. The van der Waals surface area contributed by atoms with E-state index in [9.17, 15) is 8.42 Å². The highest BCUT2D eigenvalue weighted by atomic mass is 35.5. The van der Waals surface area contributed by atoms with E-state index >= 15 is 0 Å². The number of nitrogens with one attached hydrogen (secondary N) is 1. The van der Waals surface area contributed by atoms with Gasteiger partial charge < -0.3 is 5.32 Å². The van der Waals surface area contributed by atoms with E-state index in [-0.39, 0.29) is 28.4 Å². The second-order valence-electron chi connectivity index (χ2n) is 4.39. The van der Waals surface area contributed by atoms with Crippen molar-refractivity contribution in [2.24, 2.45) is 0 Å². The molecule has 1 aromatic rings. The first-order valence-corrected chi connectivity index (χ1v) is 7.68. The lowest BCUT2D eigenvalue weighted by molar-refractivity contribution is 0.464. The third-order valence-corrected chi connectivity index (χ3v) is 5.59. The molecule has 0 bridgehead atoms. The summed E-state index contributed by atoms with van der Waals surface area (Å²) in [6.45, 7) is 0.916. The third-order valence-electron chi connectivity index (χ3n) is 3.24. The molecular weight excluding hydrogens is 321 g/mol. The molecule has 0 saturated carbocycles. The fourth-order valence-electron chi connectivity index (χ4n) is 2.10. The first-order chi connectivity index (χ1) is 8.98. The molecule has 1 aliphatic rings. The Bertz CT molecular complexity index is 628. The summed E-state index contributed by atoms with van der Waals surface area (Å²) in [5, 5.41) is 11.9. The summed E-state index contributed by atoms with van der Waals surface area (Å²) >= 11 is 5.97. The largest absolute Gasteiger partial charge is 0.316 e. The second-order valence-corrected chi connectivity index (χ2v) is 6.71. The molecule has 2 rings (SSSR count). The molecule has 0 aliphatic carbocycles. The molecule has 0 amide bonds. The van der Waals surface area contributed by atoms with Crippen LogP contribution in [0.15, 0.2) is 23.1 Å². The Labute approximate surface area is 130 Å². The lowest BCUT2D eigenvalue weighted by Gasteiger charge is -2.17. The Hall–Kier alpha value is -0.840. The summed E-state index contributed by atoms with van der Waals surface area (Å²) in [5.74, 6) is 0. The number of nitrogens with zero attached hydrogens (tertiary/aromatic N) is 2. The van der Waals surface area contributed by atoms with Crippen LogP contribution in [0.25, 0.3) is 0 Å². The fourth-order valence-corrected chi connectivity index (χ4v) is 4.12. The molecule has 1 saturated heterocycles. The molecule has 0 aromatic heterocycles. The van der Waals surface area contributed by atoms with E-state index in [4.69, 9.17) is 16.9 Å². The molecule has 0 spiro atoms. The average molecular weight is 336 g/mol. The summed E-state index contributed by atoms with van der Waals surface area (Å²) in [7, 11) is -1.77. The van der Waals surface area contributed by atoms with Crippen LogP contribution in [0.4, 0.5) is 0 Å². The van der Waals surface area contributed by atoms with Crippen LogP contribution in [0.3, 0.4) is 0 Å². The number of hydrogen-bond acceptors (Lipinski definition) is 4. The molecule has 1 fully saturated rings. The van der Waals surface area contributed by atoms with Crippen molar-refractivity contribution in [3.05, 3.63) is 28.8 Å². The van der Waals surface area contributed by atoms with Crippen LogP contribution in [0, 0.1) is 11.3 Å². The fraction of sp³-hybridized carbons (Fsp3) is 0.417. The standard InChI is InChI=1S/C12H14ClN3O2S.ClH/c1-15-10-4-5-16(8-10)19(17,18)12-3-2-9(7-14)6-11(12)13;/h2-3,6,10,15H,4-5,8H2,1H3;1H. The van der Waals surface area contributed by atoms with Gasteiger partial charge in [0.25, 0.3) is 0 Å². The van der Waals surface area contributed by atoms with E-state index in [0.29, 0.717) is 18.7 Å². The van der Waals surface area contributed by atoms with E-state index < -0.39 is 10.0 Å². The van der Waals surface area contributed by atoms with E-state index in [1.165, 1.54) is 22.5 Å². The summed E-state index contributed by atoms with van der Waals surface area (Å²) in [6.07, 6.45) is 0.781. The van der Waals surface area contributed by atoms with Crippen LogP contribution >= 0.6 is 24.0 Å². The number of hydrogen-bond donors (Lipinski definition) is 1. The number of halogens is 2. The molecule has 1 heterocycles. The summed E-state index contributed by atoms with van der Waals surface area (Å²) < 4.78 is 26.3. The monoisotopic (exact) mass is 335 g/mol. The first-order valence-electron chi connectivity index (χ1n) is 5.86. The zero-order valence-corrected chi connectivity index (χ0v) is 13.2. The number of benzene rings is 1. The van der Waals surface area contributed by atoms with Gasteiger partial charge in [-0.1, -0.05) is 11.6 Å². The van der Waals surface area contributed by atoms with Crippen molar-refractivity contribution in [2.75, 3.05) is 20.1 Å². The Balaban J connectivity index is 0.00000200. The molecule has 1 aliphatic heterocycles. The maximum absolute atomic E-state index is 12.4. The molecular formula is C12H15Cl2N3O2S. The lowest BCUT2D eigenvalue weighted by atomic mass is 10.2. The van der Waals surface area contributed by atoms with Crippen molar-refractivity contribution in [2.45, 2.75) is 17.4 Å². The predicted octanol–water partition coefficient (Wildman–Crippen LogP) is 1.62. The number of rotatable bonds is 3. The highest BCUT2D eigenvalue weighted by Crippen LogP contribution is 2.27. The van der Waals surface area contributed by atoms with Crippen molar-refractivity contribution < 1.29 is 8.42 Å². The minimum atomic E-state index is -3.59. The van der Waals surface area contributed by atoms with Gasteiger partial charge in [0.15, 0.2) is 0 Å². The van der Waals surface area contributed by atoms with Gasteiger partial charge in [-0.05, 0) is 31.7 Å². The molecule has 110 valence electrons. The Morgan fingerprint density at radius 1 is 1.50 bits per heavy atom. The van der Waals surface area contributed by atoms with Crippen LogP contribution in [-0.4, -0.2) is 38.9 Å². The maximum Gasteiger partial charge on any atom is 0.244 e. The van der Waals surface area contributed by atoms with Gasteiger partial charge in [-0.15, -0.1) is 12.4 Å². The van der Waals surface area contributed by atoms with Crippen molar-refractivity contribution in [3.63, 3.8) is 0 Å². The number of likely N-dealkylation sites (N-methyl/N-ethyl adjacent to an activating group) is 1. The van der Waals surface area contributed by atoms with E-state index in [2.05, 4.69) is 5.32 Å². The zero-order valence-electron chi connectivity index (χ0n) is 10.8. The minimum absolute atomic E-state index is 0. The normalized spacial score (nSPS) is 19.4. The molecule has 1 N–H and O–H groups in total. The van der Waals surface area contributed by atoms with Crippen molar-refractivity contribution in [3.8, 4) is 6.07 Å². The van der Waals surface area contributed by atoms with E-state index in [1.54, 1.807) is 0 Å². The van der Waals surface area contributed by atoms with Gasteiger partial charge in [0.1, 0.15) is 4.90 Å². The summed E-state index contributed by atoms with van der Waals surface area (Å²) in [5.41, 5.74) is 0.346. The third kappa shape index (κ3) is 3.25. The number of nitriles is 1. The molecule has 1 atom stereocenters. The van der Waals surface area contributed by atoms with Crippen LogP contribution in [0.1, 0.15) is 12.0 Å². The van der Waals surface area contributed by atoms with Gasteiger partial charge in [0.2, 0.25) is 10.0 Å². The highest BCUT2D eigenvalue weighted by molar-refractivity contribution is 7.89. The molecule has 20 heavy (non-hydrogen) atoms. The van der Waals surface area contributed by atoms with Gasteiger partial charge in [-0.3, -0.25) is 0 Å². The van der Waals surface area contributed by atoms with E-state index in [0.717, 1.165) is 6.42 Å². The van der Waals surface area contributed by atoms with Gasteiger partial charge in [-0.25, -0.2) is 8.42 Å². The van der Waals surface area contributed by atoms with Gasteiger partial charge >= 0.3 is 0 Å². The molecule has 5 nitrogen and oxygen atoms in total. The van der Waals surface area contributed by atoms with E-state index in [1.807, 2.05) is 13.1 Å². The van der Waals surface area contributed by atoms with Crippen molar-refractivity contribution >= 4 is 34.0 Å². The SMILES string of the molecule is CNC1CCN(S(=O)(=O)c2ccc(C#N)cc2Cl)C1.Cl. The van der Waals surface area contributed by atoms with Crippen molar-refractivity contribution in [1.29, 1.82) is 5.26 Å². The average Bonchev–Trinajstić information content (AvgIpc) is 2.87. The zero-order chi connectivity index (χ0) is 14.0. The topological polar surface area (TPSA) is 73.2 Å². The van der Waals surface area contributed by atoms with Gasteiger partial charge in [-0.2, -0.15) is 9.57 Å². The lowest BCUT2D eigenvalue weighted by Crippen LogP contribution is -2.33.